The Hall–Kier alpha value is -0.570. The molecule has 1 heterocycles. The third-order valence-corrected chi connectivity index (χ3v) is 3.48. The molecule has 0 aliphatic carbocycles. The summed E-state index contributed by atoms with van der Waals surface area (Å²) in [6.07, 6.45) is 12.0. The third kappa shape index (κ3) is 7.70. The summed E-state index contributed by atoms with van der Waals surface area (Å²) < 4.78 is 10.7. The summed E-state index contributed by atoms with van der Waals surface area (Å²) in [5.41, 5.74) is 0. The van der Waals surface area contributed by atoms with Crippen molar-refractivity contribution in [3.63, 3.8) is 0 Å². The van der Waals surface area contributed by atoms with Crippen LogP contribution in [0.3, 0.4) is 0 Å². The Balaban J connectivity index is 2.22. The number of carbonyl (C=O) groups excluding carboxylic acids is 1. The lowest BCUT2D eigenvalue weighted by Gasteiger charge is -2.13. The first-order valence-electron chi connectivity index (χ1n) is 7.59. The van der Waals surface area contributed by atoms with Crippen molar-refractivity contribution in [2.24, 2.45) is 0 Å². The highest BCUT2D eigenvalue weighted by atomic mass is 16.6. The Morgan fingerprint density at radius 1 is 0.778 bits per heavy atom. The van der Waals surface area contributed by atoms with Gasteiger partial charge in [-0.15, -0.1) is 0 Å². The van der Waals surface area contributed by atoms with E-state index in [1.54, 1.807) is 6.92 Å². The maximum Gasteiger partial charge on any atom is 0.334 e. The van der Waals surface area contributed by atoms with Gasteiger partial charge < -0.3 is 9.47 Å². The van der Waals surface area contributed by atoms with Crippen LogP contribution in [0.4, 0.5) is 0 Å². The Morgan fingerprint density at radius 3 is 1.78 bits per heavy atom. The van der Waals surface area contributed by atoms with Crippen LogP contribution in [0.25, 0.3) is 0 Å². The van der Waals surface area contributed by atoms with Crippen LogP contribution in [0, 0.1) is 0 Å². The first-order valence-corrected chi connectivity index (χ1v) is 7.59. The summed E-state index contributed by atoms with van der Waals surface area (Å²) in [7, 11) is 0. The molecular weight excluding hydrogens is 228 g/mol. The van der Waals surface area contributed by atoms with Gasteiger partial charge >= 0.3 is 5.97 Å². The third-order valence-electron chi connectivity index (χ3n) is 3.48. The quantitative estimate of drug-likeness (QED) is 0.618. The Morgan fingerprint density at radius 2 is 1.22 bits per heavy atom. The van der Waals surface area contributed by atoms with Crippen LogP contribution in [0.5, 0.6) is 0 Å². The van der Waals surface area contributed by atoms with Crippen molar-refractivity contribution in [2.45, 2.75) is 77.2 Å². The number of ether oxygens (including phenoxy) is 2. The van der Waals surface area contributed by atoms with Gasteiger partial charge in [0, 0.05) is 6.61 Å². The van der Waals surface area contributed by atoms with Crippen LogP contribution < -0.4 is 0 Å². The summed E-state index contributed by atoms with van der Waals surface area (Å²) in [6.45, 7) is 3.01. The molecule has 3 heteroatoms. The summed E-state index contributed by atoms with van der Waals surface area (Å²) in [4.78, 5) is 11.6. The van der Waals surface area contributed by atoms with Gasteiger partial charge in [0.05, 0.1) is 6.61 Å². The first-order chi connectivity index (χ1) is 8.80. The van der Waals surface area contributed by atoms with E-state index >= 15 is 0 Å². The SMILES string of the molecule is C[C@H]1OCCCCCCCCCCCCOC1=O. The van der Waals surface area contributed by atoms with Crippen molar-refractivity contribution >= 4 is 5.97 Å². The van der Waals surface area contributed by atoms with Crippen molar-refractivity contribution in [1.82, 2.24) is 0 Å². The fourth-order valence-corrected chi connectivity index (χ4v) is 2.24. The van der Waals surface area contributed by atoms with Crippen LogP contribution in [0.2, 0.25) is 0 Å². The minimum atomic E-state index is -0.405. The topological polar surface area (TPSA) is 35.5 Å². The van der Waals surface area contributed by atoms with Crippen LogP contribution in [-0.4, -0.2) is 25.3 Å². The lowest BCUT2D eigenvalue weighted by Crippen LogP contribution is -2.24. The molecule has 1 fully saturated rings. The molecule has 0 amide bonds. The molecule has 0 aromatic carbocycles. The second-order valence-electron chi connectivity index (χ2n) is 5.22. The minimum Gasteiger partial charge on any atom is -0.464 e. The number of cyclic esters (lactones) is 1. The van der Waals surface area contributed by atoms with Gasteiger partial charge in [-0.1, -0.05) is 51.4 Å². The Bertz CT molecular complexity index is 216. The van der Waals surface area contributed by atoms with Crippen molar-refractivity contribution in [3.8, 4) is 0 Å². The van der Waals surface area contributed by atoms with Crippen molar-refractivity contribution in [2.75, 3.05) is 13.2 Å². The molecule has 0 N–H and O–H groups in total. The minimum absolute atomic E-state index is 0.206. The van der Waals surface area contributed by atoms with Crippen molar-refractivity contribution in [1.29, 1.82) is 0 Å². The molecule has 106 valence electrons. The molecule has 0 unspecified atom stereocenters. The monoisotopic (exact) mass is 256 g/mol. The van der Waals surface area contributed by atoms with E-state index in [-0.39, 0.29) is 5.97 Å². The van der Waals surface area contributed by atoms with Gasteiger partial charge in [0.25, 0.3) is 0 Å². The molecule has 0 bridgehead atoms. The number of rotatable bonds is 0. The number of hydrogen-bond donors (Lipinski definition) is 0. The standard InChI is InChI=1S/C15H28O3/c1-14-15(16)18-13-11-9-7-5-3-2-4-6-8-10-12-17-14/h14H,2-13H2,1H3/t14-/m1/s1. The smallest absolute Gasteiger partial charge is 0.334 e. The van der Waals surface area contributed by atoms with E-state index in [1.165, 1.54) is 51.4 Å². The Kier molecular flexibility index (Phi) is 8.92. The molecule has 0 aromatic heterocycles. The normalized spacial score (nSPS) is 26.5. The van der Waals surface area contributed by atoms with Gasteiger partial charge in [0.15, 0.2) is 6.10 Å². The fraction of sp³-hybridized carbons (Fsp3) is 0.933. The molecule has 1 rings (SSSR count). The summed E-state index contributed by atoms with van der Waals surface area (Å²) in [5.74, 6) is -0.206. The van der Waals surface area contributed by atoms with Crippen LogP contribution in [0.1, 0.15) is 71.1 Å². The average Bonchev–Trinajstić information content (AvgIpc) is 2.37. The van der Waals surface area contributed by atoms with Gasteiger partial charge in [-0.05, 0) is 19.8 Å². The highest BCUT2D eigenvalue weighted by Gasteiger charge is 2.14. The summed E-state index contributed by atoms with van der Waals surface area (Å²) in [6, 6.07) is 0. The Labute approximate surface area is 111 Å². The predicted octanol–water partition coefficient (Wildman–Crippen LogP) is 3.85. The van der Waals surface area contributed by atoms with E-state index in [2.05, 4.69) is 0 Å². The molecule has 1 aliphatic heterocycles. The fourth-order valence-electron chi connectivity index (χ4n) is 2.24. The van der Waals surface area contributed by atoms with Crippen LogP contribution in [0.15, 0.2) is 0 Å². The van der Waals surface area contributed by atoms with Gasteiger partial charge in [-0.2, -0.15) is 0 Å². The number of hydrogen-bond acceptors (Lipinski definition) is 3. The van der Waals surface area contributed by atoms with E-state index in [0.29, 0.717) is 13.2 Å². The molecule has 0 saturated carbocycles. The van der Waals surface area contributed by atoms with Crippen molar-refractivity contribution in [3.05, 3.63) is 0 Å². The maximum absolute atomic E-state index is 11.6. The van der Waals surface area contributed by atoms with Crippen LogP contribution in [-0.2, 0) is 14.3 Å². The molecule has 3 nitrogen and oxygen atoms in total. The zero-order valence-corrected chi connectivity index (χ0v) is 11.8. The summed E-state index contributed by atoms with van der Waals surface area (Å²) in [5, 5.41) is 0. The maximum atomic E-state index is 11.6. The summed E-state index contributed by atoms with van der Waals surface area (Å²) >= 11 is 0. The molecule has 0 aromatic rings. The van der Waals surface area contributed by atoms with Gasteiger partial charge in [0.2, 0.25) is 0 Å². The molecule has 18 heavy (non-hydrogen) atoms. The van der Waals surface area contributed by atoms with E-state index in [1.807, 2.05) is 0 Å². The molecule has 1 saturated heterocycles. The molecule has 0 radical (unpaired) electrons. The second-order valence-corrected chi connectivity index (χ2v) is 5.22. The van der Waals surface area contributed by atoms with E-state index in [4.69, 9.17) is 9.47 Å². The largest absolute Gasteiger partial charge is 0.464 e. The second kappa shape index (κ2) is 10.4. The lowest BCUT2D eigenvalue weighted by atomic mass is 10.1. The average molecular weight is 256 g/mol. The zero-order valence-electron chi connectivity index (χ0n) is 11.8. The number of esters is 1. The lowest BCUT2D eigenvalue weighted by molar-refractivity contribution is -0.156. The van der Waals surface area contributed by atoms with E-state index in [0.717, 1.165) is 12.8 Å². The van der Waals surface area contributed by atoms with E-state index in [9.17, 15) is 4.79 Å². The van der Waals surface area contributed by atoms with Crippen molar-refractivity contribution < 1.29 is 14.3 Å². The highest BCUT2D eigenvalue weighted by Crippen LogP contribution is 2.11. The molecular formula is C15H28O3. The first kappa shape index (κ1) is 15.5. The van der Waals surface area contributed by atoms with Gasteiger partial charge in [0.1, 0.15) is 0 Å². The van der Waals surface area contributed by atoms with E-state index < -0.39 is 6.10 Å². The van der Waals surface area contributed by atoms with Gasteiger partial charge in [-0.3, -0.25) is 0 Å². The molecule has 1 atom stereocenters. The predicted molar refractivity (Wildman–Crippen MR) is 72.5 cm³/mol. The molecule has 0 spiro atoms. The van der Waals surface area contributed by atoms with Gasteiger partial charge in [-0.25, -0.2) is 4.79 Å². The highest BCUT2D eigenvalue weighted by molar-refractivity contribution is 5.74. The van der Waals surface area contributed by atoms with Crippen LogP contribution >= 0.6 is 0 Å². The number of carbonyl (C=O) groups is 1. The molecule has 1 aliphatic rings. The zero-order chi connectivity index (χ0) is 13.1.